The molecule has 0 bridgehead atoms. The molecule has 4 aromatic rings. The van der Waals surface area contributed by atoms with Crippen molar-refractivity contribution < 1.29 is 14.0 Å². The summed E-state index contributed by atoms with van der Waals surface area (Å²) in [6, 6.07) is 27.5. The van der Waals surface area contributed by atoms with Crippen LogP contribution >= 0.6 is 23.4 Å². The fourth-order valence-corrected chi connectivity index (χ4v) is 4.54. The first kappa shape index (κ1) is 24.5. The van der Waals surface area contributed by atoms with Crippen molar-refractivity contribution in [1.29, 1.82) is 0 Å². The molecule has 35 heavy (non-hydrogen) atoms. The van der Waals surface area contributed by atoms with E-state index in [-0.39, 0.29) is 11.8 Å². The molecule has 0 heterocycles. The van der Waals surface area contributed by atoms with Gasteiger partial charge in [-0.25, -0.2) is 4.39 Å². The zero-order valence-corrected chi connectivity index (χ0v) is 20.4. The number of carbonyl (C=O) groups is 2. The third-order valence-electron chi connectivity index (χ3n) is 5.25. The second-order valence-corrected chi connectivity index (χ2v) is 9.43. The molecule has 0 aliphatic heterocycles. The second-order valence-electron chi connectivity index (χ2n) is 7.85. The number of hydrogen-bond acceptors (Lipinski definition) is 3. The minimum atomic E-state index is -0.504. The third-order valence-corrected chi connectivity index (χ3v) is 6.93. The molecule has 0 aliphatic rings. The van der Waals surface area contributed by atoms with Crippen LogP contribution in [0.25, 0.3) is 0 Å². The van der Waals surface area contributed by atoms with Gasteiger partial charge < -0.3 is 10.6 Å². The van der Waals surface area contributed by atoms with Gasteiger partial charge in [-0.15, -0.1) is 11.8 Å². The quantitative estimate of drug-likeness (QED) is 0.256. The van der Waals surface area contributed by atoms with Crippen molar-refractivity contribution in [2.45, 2.75) is 17.1 Å². The predicted molar refractivity (Wildman–Crippen MR) is 141 cm³/mol. The topological polar surface area (TPSA) is 58.2 Å². The Bertz CT molecular complexity index is 1330. The first-order chi connectivity index (χ1) is 16.9. The maximum atomic E-state index is 13.2. The lowest BCUT2D eigenvalue weighted by Crippen LogP contribution is -2.19. The van der Waals surface area contributed by atoms with Crippen molar-refractivity contribution in [1.82, 2.24) is 0 Å². The van der Waals surface area contributed by atoms with Gasteiger partial charge in [0.2, 0.25) is 5.91 Å². The Morgan fingerprint density at radius 1 is 0.829 bits per heavy atom. The highest BCUT2D eigenvalue weighted by atomic mass is 35.5. The van der Waals surface area contributed by atoms with Crippen LogP contribution in [-0.4, -0.2) is 11.8 Å². The minimum absolute atomic E-state index is 0.171. The average molecular weight is 505 g/mol. The average Bonchev–Trinajstić information content (AvgIpc) is 2.86. The molecule has 0 aliphatic carbocycles. The summed E-state index contributed by atoms with van der Waals surface area (Å²) >= 11 is 7.62. The van der Waals surface area contributed by atoms with Crippen LogP contribution in [-0.2, 0) is 4.79 Å². The Balaban J connectivity index is 1.48. The van der Waals surface area contributed by atoms with Crippen molar-refractivity contribution >= 4 is 46.6 Å². The number of rotatable bonds is 7. The van der Waals surface area contributed by atoms with Crippen LogP contribution in [0.5, 0.6) is 0 Å². The molecule has 176 valence electrons. The van der Waals surface area contributed by atoms with E-state index in [1.807, 2.05) is 61.5 Å². The van der Waals surface area contributed by atoms with Crippen LogP contribution in [0.2, 0.25) is 5.02 Å². The Morgan fingerprint density at radius 3 is 2.14 bits per heavy atom. The molecule has 4 rings (SSSR count). The van der Waals surface area contributed by atoms with E-state index in [1.165, 1.54) is 36.0 Å². The molecule has 0 fully saturated rings. The normalized spacial score (nSPS) is 11.5. The smallest absolute Gasteiger partial charge is 0.255 e. The SMILES string of the molecule is Cc1ccc(NC(=O)C(Sc2ccc(NC(=O)c3ccc(F)cc3)cc2)c2ccccc2)cc1Cl. The van der Waals surface area contributed by atoms with Crippen LogP contribution in [0, 0.1) is 12.7 Å². The Labute approximate surface area is 212 Å². The molecule has 0 saturated heterocycles. The largest absolute Gasteiger partial charge is 0.325 e. The van der Waals surface area contributed by atoms with Gasteiger partial charge in [-0.2, -0.15) is 0 Å². The van der Waals surface area contributed by atoms with Crippen LogP contribution in [0.15, 0.2) is 102 Å². The Kier molecular flexibility index (Phi) is 7.85. The summed E-state index contributed by atoms with van der Waals surface area (Å²) in [5.74, 6) is -0.899. The van der Waals surface area contributed by atoms with Crippen LogP contribution in [0.1, 0.15) is 26.7 Å². The fourth-order valence-electron chi connectivity index (χ4n) is 3.34. The van der Waals surface area contributed by atoms with Crippen molar-refractivity contribution in [3.63, 3.8) is 0 Å². The van der Waals surface area contributed by atoms with E-state index < -0.39 is 11.1 Å². The van der Waals surface area contributed by atoms with Gasteiger partial charge in [0.1, 0.15) is 11.1 Å². The zero-order chi connectivity index (χ0) is 24.8. The molecule has 4 nitrogen and oxygen atoms in total. The molecular weight excluding hydrogens is 483 g/mol. The highest BCUT2D eigenvalue weighted by Gasteiger charge is 2.22. The molecule has 1 unspecified atom stereocenters. The van der Waals surface area contributed by atoms with Crippen molar-refractivity contribution in [2.75, 3.05) is 10.6 Å². The number of amides is 2. The number of carbonyl (C=O) groups excluding carboxylic acids is 2. The van der Waals surface area contributed by atoms with Crippen molar-refractivity contribution in [3.05, 3.63) is 125 Å². The highest BCUT2D eigenvalue weighted by molar-refractivity contribution is 8.00. The number of nitrogens with one attached hydrogen (secondary N) is 2. The van der Waals surface area contributed by atoms with E-state index >= 15 is 0 Å². The molecule has 7 heteroatoms. The third kappa shape index (κ3) is 6.50. The number of anilines is 2. The minimum Gasteiger partial charge on any atom is -0.325 e. The van der Waals surface area contributed by atoms with Crippen LogP contribution in [0.4, 0.5) is 15.8 Å². The molecule has 0 spiro atoms. The van der Waals surface area contributed by atoms with Gasteiger partial charge >= 0.3 is 0 Å². The standard InChI is InChI=1S/C28H22ClFN2O2S/c1-18-7-12-23(17-25(18)29)32-28(34)26(19-5-3-2-4-6-19)35-24-15-13-22(14-16-24)31-27(33)20-8-10-21(30)11-9-20/h2-17,26H,1H3,(H,31,33)(H,32,34). The van der Waals surface area contributed by atoms with Gasteiger partial charge in [-0.1, -0.05) is 48.0 Å². The Hall–Kier alpha value is -3.61. The molecule has 0 saturated carbocycles. The number of benzene rings is 4. The van der Waals surface area contributed by atoms with Gasteiger partial charge in [0.15, 0.2) is 0 Å². The molecule has 4 aromatic carbocycles. The first-order valence-corrected chi connectivity index (χ1v) is 12.1. The van der Waals surface area contributed by atoms with Crippen LogP contribution < -0.4 is 10.6 Å². The van der Waals surface area contributed by atoms with Gasteiger partial charge in [-0.3, -0.25) is 9.59 Å². The lowest BCUT2D eigenvalue weighted by Gasteiger charge is -2.18. The first-order valence-electron chi connectivity index (χ1n) is 10.8. The van der Waals surface area contributed by atoms with Crippen molar-refractivity contribution in [3.8, 4) is 0 Å². The van der Waals surface area contributed by atoms with E-state index in [0.29, 0.717) is 22.0 Å². The Morgan fingerprint density at radius 2 is 1.49 bits per heavy atom. The van der Waals surface area contributed by atoms with E-state index in [9.17, 15) is 14.0 Å². The fraction of sp³-hybridized carbons (Fsp3) is 0.0714. The maximum Gasteiger partial charge on any atom is 0.255 e. The van der Waals surface area contributed by atoms with Crippen molar-refractivity contribution in [2.24, 2.45) is 0 Å². The monoisotopic (exact) mass is 504 g/mol. The summed E-state index contributed by atoms with van der Waals surface area (Å²) in [7, 11) is 0. The summed E-state index contributed by atoms with van der Waals surface area (Å²) < 4.78 is 13.1. The van der Waals surface area contributed by atoms with E-state index in [1.54, 1.807) is 18.2 Å². The molecule has 0 radical (unpaired) electrons. The number of halogens is 2. The lowest BCUT2D eigenvalue weighted by molar-refractivity contribution is -0.115. The van der Waals surface area contributed by atoms with E-state index in [2.05, 4.69) is 10.6 Å². The molecule has 2 amide bonds. The number of hydrogen-bond donors (Lipinski definition) is 2. The van der Waals surface area contributed by atoms with Gasteiger partial charge in [0.25, 0.3) is 5.91 Å². The lowest BCUT2D eigenvalue weighted by atomic mass is 10.1. The molecular formula is C28H22ClFN2O2S. The number of thioether (sulfide) groups is 1. The highest BCUT2D eigenvalue weighted by Crippen LogP contribution is 2.37. The molecule has 1 atom stereocenters. The summed E-state index contributed by atoms with van der Waals surface area (Å²) in [4.78, 5) is 26.5. The number of aryl methyl sites for hydroxylation is 1. The summed E-state index contributed by atoms with van der Waals surface area (Å²) in [5.41, 5.74) is 3.39. The predicted octanol–water partition coefficient (Wildman–Crippen LogP) is 7.51. The maximum absolute atomic E-state index is 13.2. The van der Waals surface area contributed by atoms with Gasteiger partial charge in [0.05, 0.1) is 0 Å². The summed E-state index contributed by atoms with van der Waals surface area (Å²) in [5, 5.41) is 5.84. The van der Waals surface area contributed by atoms with E-state index in [4.69, 9.17) is 11.6 Å². The molecule has 2 N–H and O–H groups in total. The summed E-state index contributed by atoms with van der Waals surface area (Å²) in [6.07, 6.45) is 0. The second kappa shape index (κ2) is 11.2. The van der Waals surface area contributed by atoms with Gasteiger partial charge in [0, 0.05) is 26.9 Å². The van der Waals surface area contributed by atoms with E-state index in [0.717, 1.165) is 16.0 Å². The van der Waals surface area contributed by atoms with Gasteiger partial charge in [-0.05, 0) is 78.7 Å². The van der Waals surface area contributed by atoms with Crippen LogP contribution in [0.3, 0.4) is 0 Å². The summed E-state index contributed by atoms with van der Waals surface area (Å²) in [6.45, 7) is 1.91. The molecule has 0 aromatic heterocycles. The zero-order valence-electron chi connectivity index (χ0n) is 18.8.